The third kappa shape index (κ3) is 3.24. The summed E-state index contributed by atoms with van der Waals surface area (Å²) in [6.45, 7) is 4.67. The normalized spacial score (nSPS) is 19.7. The molecule has 1 heterocycles. The minimum Gasteiger partial charge on any atom is -0.508 e. The van der Waals surface area contributed by atoms with E-state index in [1.807, 2.05) is 11.8 Å². The fourth-order valence-corrected chi connectivity index (χ4v) is 3.11. The highest BCUT2D eigenvalue weighted by molar-refractivity contribution is 5.98. The second kappa shape index (κ2) is 6.96. The number of hydrogen-bond donors (Lipinski definition) is 2. The molecule has 0 radical (unpaired) electrons. The van der Waals surface area contributed by atoms with Gasteiger partial charge in [-0.2, -0.15) is 0 Å². The molecular formula is C20H23FN2O3. The first-order valence-electron chi connectivity index (χ1n) is 8.52. The van der Waals surface area contributed by atoms with Crippen LogP contribution in [0.3, 0.4) is 0 Å². The molecule has 3 rings (SSSR count). The van der Waals surface area contributed by atoms with Crippen LogP contribution in [0.25, 0.3) is 0 Å². The second-order valence-corrected chi connectivity index (χ2v) is 6.83. The van der Waals surface area contributed by atoms with Gasteiger partial charge in [0.1, 0.15) is 5.75 Å². The summed E-state index contributed by atoms with van der Waals surface area (Å²) in [5, 5.41) is 12.6. The number of amides is 1. The summed E-state index contributed by atoms with van der Waals surface area (Å²) < 4.78 is 19.4. The lowest BCUT2D eigenvalue weighted by Gasteiger charge is -2.49. The second-order valence-electron chi connectivity index (χ2n) is 6.83. The van der Waals surface area contributed by atoms with Gasteiger partial charge in [0.25, 0.3) is 0 Å². The van der Waals surface area contributed by atoms with E-state index in [9.17, 15) is 14.3 Å². The summed E-state index contributed by atoms with van der Waals surface area (Å²) in [5.41, 5.74) is 1.05. The van der Waals surface area contributed by atoms with Crippen LogP contribution in [-0.4, -0.2) is 35.1 Å². The van der Waals surface area contributed by atoms with E-state index in [1.165, 1.54) is 13.2 Å². The van der Waals surface area contributed by atoms with Gasteiger partial charge >= 0.3 is 0 Å². The fourth-order valence-electron chi connectivity index (χ4n) is 3.11. The van der Waals surface area contributed by atoms with Crippen LogP contribution in [0.5, 0.6) is 11.5 Å². The lowest BCUT2D eigenvalue weighted by atomic mass is 9.85. The number of carbonyl (C=O) groups is 1. The molecule has 26 heavy (non-hydrogen) atoms. The van der Waals surface area contributed by atoms with Gasteiger partial charge in [-0.1, -0.05) is 18.2 Å². The number of methoxy groups -OCH3 is 1. The van der Waals surface area contributed by atoms with Gasteiger partial charge in [-0.25, -0.2) is 4.39 Å². The Hall–Kier alpha value is -2.60. The average Bonchev–Trinajstić information content (AvgIpc) is 2.62. The number of carbonyl (C=O) groups excluding carboxylic acids is 1. The summed E-state index contributed by atoms with van der Waals surface area (Å²) in [6.07, 6.45) is 0.683. The van der Waals surface area contributed by atoms with E-state index in [1.54, 1.807) is 37.3 Å². The SMILES string of the molecule is COc1cccc(CN2CCC2(C)C(=O)Nc2ccc(C)c(O)c2)c1F. The van der Waals surface area contributed by atoms with Crippen molar-refractivity contribution >= 4 is 11.6 Å². The summed E-state index contributed by atoms with van der Waals surface area (Å²) in [6, 6.07) is 10.0. The van der Waals surface area contributed by atoms with Gasteiger partial charge in [-0.15, -0.1) is 0 Å². The van der Waals surface area contributed by atoms with Crippen molar-refractivity contribution in [1.29, 1.82) is 0 Å². The number of likely N-dealkylation sites (tertiary alicyclic amines) is 1. The van der Waals surface area contributed by atoms with Crippen molar-refractivity contribution in [3.8, 4) is 11.5 Å². The van der Waals surface area contributed by atoms with Crippen LogP contribution in [-0.2, 0) is 11.3 Å². The molecule has 2 N–H and O–H groups in total. The van der Waals surface area contributed by atoms with Gasteiger partial charge in [0.15, 0.2) is 11.6 Å². The van der Waals surface area contributed by atoms with E-state index in [2.05, 4.69) is 5.32 Å². The van der Waals surface area contributed by atoms with Crippen LogP contribution >= 0.6 is 0 Å². The third-order valence-electron chi connectivity index (χ3n) is 5.15. The van der Waals surface area contributed by atoms with Gasteiger partial charge in [-0.3, -0.25) is 9.69 Å². The van der Waals surface area contributed by atoms with E-state index in [4.69, 9.17) is 4.74 Å². The number of phenolic OH excluding ortho intramolecular Hbond substituents is 1. The van der Waals surface area contributed by atoms with Gasteiger partial charge < -0.3 is 15.2 Å². The lowest BCUT2D eigenvalue weighted by Crippen LogP contribution is -2.63. The Labute approximate surface area is 152 Å². The number of phenols is 1. The maximum atomic E-state index is 14.4. The smallest absolute Gasteiger partial charge is 0.244 e. The molecule has 1 amide bonds. The number of rotatable bonds is 5. The number of ether oxygens (including phenoxy) is 1. The molecule has 5 nitrogen and oxygen atoms in total. The van der Waals surface area contributed by atoms with Crippen molar-refractivity contribution in [2.24, 2.45) is 0 Å². The van der Waals surface area contributed by atoms with Crippen molar-refractivity contribution in [1.82, 2.24) is 4.90 Å². The minimum atomic E-state index is -0.726. The van der Waals surface area contributed by atoms with Crippen molar-refractivity contribution in [3.05, 3.63) is 53.3 Å². The first-order valence-corrected chi connectivity index (χ1v) is 8.52. The Bertz CT molecular complexity index is 840. The number of anilines is 1. The predicted octanol–water partition coefficient (Wildman–Crippen LogP) is 3.45. The minimum absolute atomic E-state index is 0.136. The molecule has 1 unspecified atom stereocenters. The van der Waals surface area contributed by atoms with Gasteiger partial charge in [0.05, 0.1) is 12.6 Å². The monoisotopic (exact) mass is 358 g/mol. The van der Waals surface area contributed by atoms with Crippen molar-refractivity contribution in [2.75, 3.05) is 19.0 Å². The number of benzene rings is 2. The van der Waals surface area contributed by atoms with Crippen molar-refractivity contribution in [2.45, 2.75) is 32.4 Å². The quantitative estimate of drug-likeness (QED) is 0.859. The number of nitrogens with zero attached hydrogens (tertiary/aromatic N) is 1. The molecule has 0 spiro atoms. The summed E-state index contributed by atoms with van der Waals surface area (Å²) in [5.74, 6) is -0.232. The number of aromatic hydroxyl groups is 1. The molecule has 1 aliphatic heterocycles. The highest BCUT2D eigenvalue weighted by atomic mass is 19.1. The lowest BCUT2D eigenvalue weighted by molar-refractivity contribution is -0.136. The van der Waals surface area contributed by atoms with Gasteiger partial charge in [0, 0.05) is 30.4 Å². The summed E-state index contributed by atoms with van der Waals surface area (Å²) >= 11 is 0. The third-order valence-corrected chi connectivity index (χ3v) is 5.15. The molecule has 0 bridgehead atoms. The molecule has 0 aliphatic carbocycles. The standard InChI is InChI=1S/C20H23FN2O3/c1-13-7-8-15(11-16(13)24)22-19(25)20(2)9-10-23(20)12-14-5-4-6-17(26-3)18(14)21/h4-8,11,24H,9-10,12H2,1-3H3,(H,22,25). The van der Waals surface area contributed by atoms with E-state index in [-0.39, 0.29) is 17.4 Å². The molecular weight excluding hydrogens is 335 g/mol. The molecule has 0 saturated carbocycles. The zero-order valence-electron chi connectivity index (χ0n) is 15.2. The first kappa shape index (κ1) is 18.2. The largest absolute Gasteiger partial charge is 0.508 e. The fraction of sp³-hybridized carbons (Fsp3) is 0.350. The Kier molecular flexibility index (Phi) is 4.87. The highest BCUT2D eigenvalue weighted by Crippen LogP contribution is 2.35. The van der Waals surface area contributed by atoms with Crippen LogP contribution in [0.2, 0.25) is 0 Å². The van der Waals surface area contributed by atoms with Crippen LogP contribution in [0.15, 0.2) is 36.4 Å². The maximum absolute atomic E-state index is 14.4. The molecule has 6 heteroatoms. The molecule has 1 aliphatic rings. The van der Waals surface area contributed by atoms with Crippen LogP contribution in [0.4, 0.5) is 10.1 Å². The Morgan fingerprint density at radius 1 is 1.38 bits per heavy atom. The predicted molar refractivity (Wildman–Crippen MR) is 97.9 cm³/mol. The Balaban J connectivity index is 1.73. The molecule has 138 valence electrons. The van der Waals surface area contributed by atoms with Crippen LogP contribution < -0.4 is 10.1 Å². The highest BCUT2D eigenvalue weighted by Gasteiger charge is 2.46. The molecule has 1 saturated heterocycles. The van der Waals surface area contributed by atoms with E-state index < -0.39 is 11.4 Å². The van der Waals surface area contributed by atoms with Crippen LogP contribution in [0, 0.1) is 12.7 Å². The summed E-state index contributed by atoms with van der Waals surface area (Å²) in [7, 11) is 1.43. The molecule has 0 aromatic heterocycles. The van der Waals surface area contributed by atoms with Crippen molar-refractivity contribution in [3.63, 3.8) is 0 Å². The van der Waals surface area contributed by atoms with Crippen LogP contribution in [0.1, 0.15) is 24.5 Å². The number of aryl methyl sites for hydroxylation is 1. The molecule has 2 aromatic rings. The molecule has 2 aromatic carbocycles. The topological polar surface area (TPSA) is 61.8 Å². The average molecular weight is 358 g/mol. The number of hydrogen-bond acceptors (Lipinski definition) is 4. The molecule has 1 fully saturated rings. The van der Waals surface area contributed by atoms with E-state index in [0.29, 0.717) is 30.8 Å². The summed E-state index contributed by atoms with van der Waals surface area (Å²) in [4.78, 5) is 14.7. The van der Waals surface area contributed by atoms with E-state index >= 15 is 0 Å². The number of nitrogens with one attached hydrogen (secondary N) is 1. The Morgan fingerprint density at radius 2 is 2.15 bits per heavy atom. The number of halogens is 1. The van der Waals surface area contributed by atoms with Gasteiger partial charge in [-0.05, 0) is 38.0 Å². The zero-order chi connectivity index (χ0) is 18.9. The molecule has 1 atom stereocenters. The van der Waals surface area contributed by atoms with Gasteiger partial charge in [0.2, 0.25) is 5.91 Å². The van der Waals surface area contributed by atoms with E-state index in [0.717, 1.165) is 5.56 Å². The zero-order valence-corrected chi connectivity index (χ0v) is 15.2. The van der Waals surface area contributed by atoms with Crippen molar-refractivity contribution < 1.29 is 19.0 Å². The Morgan fingerprint density at radius 3 is 2.77 bits per heavy atom. The first-order chi connectivity index (χ1) is 12.3. The maximum Gasteiger partial charge on any atom is 0.244 e.